The van der Waals surface area contributed by atoms with Crippen LogP contribution < -0.4 is 14.9 Å². The Morgan fingerprint density at radius 1 is 1.36 bits per heavy atom. The maximum Gasteiger partial charge on any atom is 0.187 e. The smallest absolute Gasteiger partial charge is 0.187 e. The van der Waals surface area contributed by atoms with E-state index in [2.05, 4.69) is 58.0 Å². The van der Waals surface area contributed by atoms with E-state index in [1.54, 1.807) is 7.05 Å². The summed E-state index contributed by atoms with van der Waals surface area (Å²) in [6.45, 7) is 2.90. The van der Waals surface area contributed by atoms with Crippen molar-refractivity contribution in [1.29, 1.82) is 0 Å². The van der Waals surface area contributed by atoms with Crippen LogP contribution in [0.3, 0.4) is 0 Å². The Bertz CT molecular complexity index is 929. The molecule has 1 aromatic carbocycles. The molecule has 10 heteroatoms. The zero-order chi connectivity index (χ0) is 18.0. The van der Waals surface area contributed by atoms with Gasteiger partial charge >= 0.3 is 0 Å². The predicted octanol–water partition coefficient (Wildman–Crippen LogP) is 2.56. The van der Waals surface area contributed by atoms with Crippen LogP contribution in [0.1, 0.15) is 6.92 Å². The first-order valence-electron chi connectivity index (χ1n) is 7.61. The van der Waals surface area contributed by atoms with E-state index in [1.165, 1.54) is 6.33 Å². The van der Waals surface area contributed by atoms with Crippen molar-refractivity contribution in [3.8, 4) is 0 Å². The lowest BCUT2D eigenvalue weighted by Gasteiger charge is -2.22. The molecule has 3 N–H and O–H groups in total. The highest BCUT2D eigenvalue weighted by molar-refractivity contribution is 9.10. The fourth-order valence-electron chi connectivity index (χ4n) is 2.40. The second-order valence-corrected chi connectivity index (χ2v) is 7.46. The maximum absolute atomic E-state index is 12.1. The summed E-state index contributed by atoms with van der Waals surface area (Å²) in [5, 5.41) is 11.1. The zero-order valence-corrected chi connectivity index (χ0v) is 16.4. The molecule has 3 aromatic rings. The molecule has 0 aliphatic carbocycles. The average Bonchev–Trinajstić information content (AvgIpc) is 3.02. The molecule has 2 heterocycles. The molecule has 0 saturated carbocycles. The summed E-state index contributed by atoms with van der Waals surface area (Å²) < 4.78 is 15.6. The third kappa shape index (κ3) is 3.51. The minimum absolute atomic E-state index is 0.560. The number of benzene rings is 1. The van der Waals surface area contributed by atoms with E-state index in [0.717, 1.165) is 23.3 Å². The molecule has 0 aliphatic rings. The van der Waals surface area contributed by atoms with Crippen LogP contribution in [0.15, 0.2) is 34.0 Å². The summed E-state index contributed by atoms with van der Waals surface area (Å²) >= 11 is 3.43. The van der Waals surface area contributed by atoms with Crippen molar-refractivity contribution in [2.45, 2.75) is 11.8 Å². The summed E-state index contributed by atoms with van der Waals surface area (Å²) in [4.78, 5) is 11.2. The van der Waals surface area contributed by atoms with E-state index >= 15 is 0 Å². The van der Waals surface area contributed by atoms with Crippen LogP contribution >= 0.6 is 15.9 Å². The lowest BCUT2D eigenvalue weighted by molar-refractivity contribution is 0.678. The van der Waals surface area contributed by atoms with E-state index in [9.17, 15) is 4.21 Å². The Balaban J connectivity index is 2.10. The maximum atomic E-state index is 12.1. The van der Waals surface area contributed by atoms with Crippen molar-refractivity contribution in [2.24, 2.45) is 0 Å². The van der Waals surface area contributed by atoms with Gasteiger partial charge in [-0.1, -0.05) is 0 Å². The zero-order valence-electron chi connectivity index (χ0n) is 14.0. The largest absolute Gasteiger partial charge is 0.373 e. The molecule has 3 rings (SSSR count). The summed E-state index contributed by atoms with van der Waals surface area (Å²) in [7, 11) is 2.38. The van der Waals surface area contributed by atoms with E-state index in [0.29, 0.717) is 21.0 Å². The van der Waals surface area contributed by atoms with Crippen LogP contribution in [0.5, 0.6) is 0 Å². The molecular formula is C15H18BrN7OS. The van der Waals surface area contributed by atoms with Crippen LogP contribution in [0.4, 0.5) is 17.2 Å². The summed E-state index contributed by atoms with van der Waals surface area (Å²) in [6, 6.07) is 5.65. The number of hydrogen-bond acceptors (Lipinski definition) is 6. The van der Waals surface area contributed by atoms with Gasteiger partial charge in [0.25, 0.3) is 0 Å². The Hall–Kier alpha value is -2.04. The third-order valence-corrected chi connectivity index (χ3v) is 5.44. The number of aromatic amines is 1. The van der Waals surface area contributed by atoms with Crippen LogP contribution in [-0.2, 0) is 11.0 Å². The SMILES string of the molecule is CCN(C)c1ccc(S(=O)NC)cc1Nc1ncnc2n[nH]c(Br)c12. The highest BCUT2D eigenvalue weighted by Gasteiger charge is 2.15. The van der Waals surface area contributed by atoms with Gasteiger partial charge in [0, 0.05) is 13.6 Å². The summed E-state index contributed by atoms with van der Waals surface area (Å²) in [5.41, 5.74) is 2.34. The monoisotopic (exact) mass is 423 g/mol. The lowest BCUT2D eigenvalue weighted by Crippen LogP contribution is -2.18. The van der Waals surface area contributed by atoms with Gasteiger partial charge < -0.3 is 10.2 Å². The van der Waals surface area contributed by atoms with Gasteiger partial charge in [-0.05, 0) is 48.1 Å². The molecule has 0 saturated heterocycles. The van der Waals surface area contributed by atoms with E-state index in [4.69, 9.17) is 0 Å². The molecule has 132 valence electrons. The number of nitrogens with zero attached hydrogens (tertiary/aromatic N) is 4. The number of fused-ring (bicyclic) bond motifs is 1. The molecule has 1 unspecified atom stereocenters. The Morgan fingerprint density at radius 2 is 2.16 bits per heavy atom. The van der Waals surface area contributed by atoms with Crippen molar-refractivity contribution in [3.63, 3.8) is 0 Å². The first-order chi connectivity index (χ1) is 12.0. The van der Waals surface area contributed by atoms with Gasteiger partial charge in [-0.2, -0.15) is 5.10 Å². The number of H-pyrrole nitrogens is 1. The quantitative estimate of drug-likeness (QED) is 0.563. The lowest BCUT2D eigenvalue weighted by atomic mass is 10.2. The summed E-state index contributed by atoms with van der Waals surface area (Å²) in [6.07, 6.45) is 1.46. The van der Waals surface area contributed by atoms with Gasteiger partial charge in [0.1, 0.15) is 27.7 Å². The standard InChI is InChI=1S/C15H18BrN7OS/c1-4-23(3)11-6-5-9(25(24)17-2)7-10(11)20-14-12-13(16)21-22-15(12)19-8-18-14/h5-8,17H,4H2,1-3H3,(H2,18,19,20,21,22). The molecule has 0 aliphatic heterocycles. The first kappa shape index (κ1) is 17.8. The van der Waals surface area contributed by atoms with Crippen LogP contribution in [-0.4, -0.2) is 45.0 Å². The average molecular weight is 424 g/mol. The molecule has 0 spiro atoms. The molecule has 0 fully saturated rings. The Kier molecular flexibility index (Phi) is 5.30. The van der Waals surface area contributed by atoms with Crippen LogP contribution in [0.25, 0.3) is 11.0 Å². The number of halogens is 1. The first-order valence-corrected chi connectivity index (χ1v) is 9.55. The fraction of sp³-hybridized carbons (Fsp3) is 0.267. The summed E-state index contributed by atoms with van der Waals surface area (Å²) in [5.74, 6) is 0.615. The number of rotatable bonds is 6. The number of hydrogen-bond donors (Lipinski definition) is 3. The second kappa shape index (κ2) is 7.46. The van der Waals surface area contributed by atoms with Crippen LogP contribution in [0.2, 0.25) is 0 Å². The minimum Gasteiger partial charge on any atom is -0.373 e. The Morgan fingerprint density at radius 3 is 2.88 bits per heavy atom. The number of nitrogens with one attached hydrogen (secondary N) is 3. The molecule has 0 amide bonds. The van der Waals surface area contributed by atoms with Crippen molar-refractivity contribution in [3.05, 3.63) is 29.1 Å². The van der Waals surface area contributed by atoms with Crippen LogP contribution in [0, 0.1) is 0 Å². The van der Waals surface area contributed by atoms with Crippen molar-refractivity contribution >= 4 is 55.1 Å². The molecule has 2 aromatic heterocycles. The van der Waals surface area contributed by atoms with Gasteiger partial charge in [-0.25, -0.2) is 18.9 Å². The number of aromatic nitrogens is 4. The van der Waals surface area contributed by atoms with Gasteiger partial charge in [-0.15, -0.1) is 0 Å². The van der Waals surface area contributed by atoms with E-state index in [-0.39, 0.29) is 0 Å². The molecule has 25 heavy (non-hydrogen) atoms. The molecule has 0 bridgehead atoms. The highest BCUT2D eigenvalue weighted by Crippen LogP contribution is 2.33. The molecule has 8 nitrogen and oxygen atoms in total. The molecule has 0 radical (unpaired) electrons. The third-order valence-electron chi connectivity index (χ3n) is 3.81. The normalized spacial score (nSPS) is 12.3. The van der Waals surface area contributed by atoms with Gasteiger partial charge in [-0.3, -0.25) is 5.10 Å². The Labute approximate surface area is 156 Å². The second-order valence-electron chi connectivity index (χ2n) is 5.25. The van der Waals surface area contributed by atoms with Gasteiger partial charge in [0.15, 0.2) is 5.65 Å². The van der Waals surface area contributed by atoms with Gasteiger partial charge in [0.2, 0.25) is 0 Å². The van der Waals surface area contributed by atoms with E-state index < -0.39 is 11.0 Å². The number of anilines is 3. The topological polar surface area (TPSA) is 98.8 Å². The molecule has 1 atom stereocenters. The van der Waals surface area contributed by atoms with Crippen molar-refractivity contribution in [2.75, 3.05) is 30.9 Å². The van der Waals surface area contributed by atoms with Crippen molar-refractivity contribution in [1.82, 2.24) is 24.9 Å². The fourth-order valence-corrected chi connectivity index (χ4v) is 3.50. The van der Waals surface area contributed by atoms with E-state index in [1.807, 2.05) is 25.2 Å². The predicted molar refractivity (Wildman–Crippen MR) is 104 cm³/mol. The highest BCUT2D eigenvalue weighted by atomic mass is 79.9. The van der Waals surface area contributed by atoms with Gasteiger partial charge in [0.05, 0.1) is 21.7 Å². The molecular weight excluding hydrogens is 406 g/mol. The minimum atomic E-state index is -1.27. The van der Waals surface area contributed by atoms with Crippen molar-refractivity contribution < 1.29 is 4.21 Å².